The maximum atomic E-state index is 6.06. The summed E-state index contributed by atoms with van der Waals surface area (Å²) >= 11 is 7.49. The molecule has 0 amide bonds. The molecule has 2 aromatic rings. The number of nitrogens with two attached hydrogens (primary N) is 1. The van der Waals surface area contributed by atoms with Crippen LogP contribution in [0.15, 0.2) is 39.0 Å². The van der Waals surface area contributed by atoms with E-state index < -0.39 is 0 Å². The normalized spacial score (nSPS) is 10.7. The summed E-state index contributed by atoms with van der Waals surface area (Å²) in [5, 5.41) is 1.28. The molecule has 0 aliphatic heterocycles. The maximum Gasteiger partial charge on any atom is 0.260 e. The van der Waals surface area contributed by atoms with E-state index in [2.05, 4.69) is 4.98 Å². The Morgan fingerprint density at radius 3 is 2.94 bits per heavy atom. The number of aromatic nitrogens is 1. The van der Waals surface area contributed by atoms with Gasteiger partial charge in [-0.1, -0.05) is 17.7 Å². The van der Waals surface area contributed by atoms with Gasteiger partial charge in [0.25, 0.3) is 5.22 Å². The molecule has 0 saturated heterocycles. The first-order valence-electron chi connectivity index (χ1n) is 4.78. The highest BCUT2D eigenvalue weighted by atomic mass is 35.5. The second-order valence-electron chi connectivity index (χ2n) is 3.28. The number of nitrogens with zero attached hydrogens (tertiary/aromatic N) is 1. The van der Waals surface area contributed by atoms with E-state index >= 15 is 0 Å². The first-order valence-corrected chi connectivity index (χ1v) is 5.97. The van der Waals surface area contributed by atoms with Gasteiger partial charge in [0, 0.05) is 16.5 Å². The summed E-state index contributed by atoms with van der Waals surface area (Å²) in [6.07, 6.45) is 1.62. The van der Waals surface area contributed by atoms with Gasteiger partial charge in [0.15, 0.2) is 0 Å². The molecule has 5 heteroatoms. The second-order valence-corrected chi connectivity index (χ2v) is 4.68. The van der Waals surface area contributed by atoms with Crippen molar-refractivity contribution in [3.8, 4) is 0 Å². The number of rotatable bonds is 3. The average molecular weight is 255 g/mol. The van der Waals surface area contributed by atoms with Gasteiger partial charge < -0.3 is 10.2 Å². The van der Waals surface area contributed by atoms with Crippen molar-refractivity contribution in [3.63, 3.8) is 0 Å². The monoisotopic (exact) mass is 254 g/mol. The fourth-order valence-corrected chi connectivity index (χ4v) is 2.55. The van der Waals surface area contributed by atoms with E-state index in [1.165, 1.54) is 11.8 Å². The molecule has 0 atom stereocenters. The smallest absolute Gasteiger partial charge is 0.260 e. The Morgan fingerprint density at radius 2 is 2.31 bits per heavy atom. The van der Waals surface area contributed by atoms with Crippen LogP contribution in [0.5, 0.6) is 0 Å². The summed E-state index contributed by atoms with van der Waals surface area (Å²) in [5.41, 5.74) is 7.44. The summed E-state index contributed by atoms with van der Waals surface area (Å²) in [6.45, 7) is 2.29. The van der Waals surface area contributed by atoms with E-state index in [1.807, 2.05) is 25.1 Å². The summed E-state index contributed by atoms with van der Waals surface area (Å²) in [4.78, 5) is 5.21. The maximum absolute atomic E-state index is 6.06. The third kappa shape index (κ3) is 2.40. The van der Waals surface area contributed by atoms with Gasteiger partial charge in [0.1, 0.15) is 6.26 Å². The van der Waals surface area contributed by atoms with Gasteiger partial charge in [-0.25, -0.2) is 4.98 Å². The van der Waals surface area contributed by atoms with Crippen molar-refractivity contribution in [3.05, 3.63) is 40.7 Å². The van der Waals surface area contributed by atoms with Crippen molar-refractivity contribution >= 4 is 23.4 Å². The zero-order valence-corrected chi connectivity index (χ0v) is 10.3. The van der Waals surface area contributed by atoms with Crippen LogP contribution in [0.2, 0.25) is 5.02 Å². The van der Waals surface area contributed by atoms with Crippen molar-refractivity contribution in [1.29, 1.82) is 0 Å². The Morgan fingerprint density at radius 1 is 1.50 bits per heavy atom. The van der Waals surface area contributed by atoms with Crippen molar-refractivity contribution in [1.82, 2.24) is 4.98 Å². The summed E-state index contributed by atoms with van der Waals surface area (Å²) in [7, 11) is 0. The molecule has 0 bridgehead atoms. The lowest BCUT2D eigenvalue weighted by atomic mass is 10.2. The number of aryl methyl sites for hydroxylation is 1. The standard InChI is InChI=1S/C11H11ClN2OS/c1-7-6-15-11(14-7)16-10-4-2-3-9(12)8(10)5-13/h2-4,6H,5,13H2,1H3. The Bertz CT molecular complexity index is 498. The van der Waals surface area contributed by atoms with E-state index in [9.17, 15) is 0 Å². The number of oxazole rings is 1. The van der Waals surface area contributed by atoms with Crippen LogP contribution in [-0.4, -0.2) is 4.98 Å². The molecule has 3 nitrogen and oxygen atoms in total. The lowest BCUT2D eigenvalue weighted by Crippen LogP contribution is -1.99. The van der Waals surface area contributed by atoms with Gasteiger partial charge in [0.05, 0.1) is 5.69 Å². The minimum atomic E-state index is 0.404. The van der Waals surface area contributed by atoms with Crippen LogP contribution in [0.1, 0.15) is 11.3 Å². The van der Waals surface area contributed by atoms with Crippen LogP contribution in [-0.2, 0) is 6.54 Å². The number of hydrogen-bond donors (Lipinski definition) is 1. The average Bonchev–Trinajstić information content (AvgIpc) is 2.64. The minimum Gasteiger partial charge on any atom is -0.439 e. The summed E-state index contributed by atoms with van der Waals surface area (Å²) < 4.78 is 5.28. The third-order valence-electron chi connectivity index (χ3n) is 2.08. The molecule has 0 aliphatic rings. The molecular weight excluding hydrogens is 244 g/mol. The third-order valence-corrected chi connectivity index (χ3v) is 3.39. The first kappa shape index (κ1) is 11.5. The summed E-state index contributed by atoms with van der Waals surface area (Å²) in [6, 6.07) is 5.67. The lowest BCUT2D eigenvalue weighted by Gasteiger charge is -2.06. The van der Waals surface area contributed by atoms with Crippen LogP contribution in [0.4, 0.5) is 0 Å². The highest BCUT2D eigenvalue weighted by Crippen LogP contribution is 2.32. The summed E-state index contributed by atoms with van der Waals surface area (Å²) in [5.74, 6) is 0. The largest absolute Gasteiger partial charge is 0.439 e. The molecule has 1 aromatic carbocycles. The predicted octanol–water partition coefficient (Wildman–Crippen LogP) is 3.25. The molecule has 84 valence electrons. The van der Waals surface area contributed by atoms with Gasteiger partial charge in [-0.3, -0.25) is 0 Å². The predicted molar refractivity (Wildman–Crippen MR) is 64.7 cm³/mol. The van der Waals surface area contributed by atoms with Gasteiger partial charge in [-0.15, -0.1) is 0 Å². The molecule has 0 unspecified atom stereocenters. The molecule has 0 fully saturated rings. The Labute approximate surface area is 103 Å². The van der Waals surface area contributed by atoms with Crippen molar-refractivity contribution in [2.45, 2.75) is 23.6 Å². The van der Waals surface area contributed by atoms with Gasteiger partial charge >= 0.3 is 0 Å². The molecule has 1 heterocycles. The van der Waals surface area contributed by atoms with Crippen molar-refractivity contribution < 1.29 is 4.42 Å². The zero-order valence-electron chi connectivity index (χ0n) is 8.74. The van der Waals surface area contributed by atoms with E-state index in [4.69, 9.17) is 21.8 Å². The molecule has 2 rings (SSSR count). The topological polar surface area (TPSA) is 52.0 Å². The number of benzene rings is 1. The Hall–Kier alpha value is -0.970. The molecular formula is C11H11ClN2OS. The fraction of sp³-hybridized carbons (Fsp3) is 0.182. The molecule has 0 spiro atoms. The van der Waals surface area contributed by atoms with Crippen LogP contribution < -0.4 is 5.73 Å². The molecule has 0 saturated carbocycles. The lowest BCUT2D eigenvalue weighted by molar-refractivity contribution is 0.454. The van der Waals surface area contributed by atoms with Gasteiger partial charge in [-0.05, 0) is 36.4 Å². The number of hydrogen-bond acceptors (Lipinski definition) is 4. The first-order chi connectivity index (χ1) is 7.70. The van der Waals surface area contributed by atoms with Gasteiger partial charge in [-0.2, -0.15) is 0 Å². The SMILES string of the molecule is Cc1coc(Sc2cccc(Cl)c2CN)n1. The number of halogens is 1. The van der Waals surface area contributed by atoms with E-state index in [0.717, 1.165) is 16.2 Å². The molecule has 0 aliphatic carbocycles. The van der Waals surface area contributed by atoms with Crippen LogP contribution >= 0.6 is 23.4 Å². The minimum absolute atomic E-state index is 0.404. The van der Waals surface area contributed by atoms with Crippen LogP contribution in [0.25, 0.3) is 0 Å². The highest BCUT2D eigenvalue weighted by molar-refractivity contribution is 7.99. The molecule has 16 heavy (non-hydrogen) atoms. The fourth-order valence-electron chi connectivity index (χ4n) is 1.31. The highest BCUT2D eigenvalue weighted by Gasteiger charge is 2.09. The molecule has 0 radical (unpaired) electrons. The second kappa shape index (κ2) is 4.91. The van der Waals surface area contributed by atoms with Crippen LogP contribution in [0.3, 0.4) is 0 Å². The quantitative estimate of drug-likeness (QED) is 0.914. The van der Waals surface area contributed by atoms with E-state index in [-0.39, 0.29) is 0 Å². The Kier molecular flexibility index (Phi) is 3.53. The zero-order chi connectivity index (χ0) is 11.5. The van der Waals surface area contributed by atoms with Gasteiger partial charge in [0.2, 0.25) is 0 Å². The van der Waals surface area contributed by atoms with E-state index in [1.54, 1.807) is 6.26 Å². The van der Waals surface area contributed by atoms with Crippen LogP contribution in [0, 0.1) is 6.92 Å². The molecule has 1 aromatic heterocycles. The molecule has 2 N–H and O–H groups in total. The van der Waals surface area contributed by atoms with E-state index in [0.29, 0.717) is 16.8 Å². The Balaban J connectivity index is 2.30. The van der Waals surface area contributed by atoms with Crippen molar-refractivity contribution in [2.75, 3.05) is 0 Å². The van der Waals surface area contributed by atoms with Crippen molar-refractivity contribution in [2.24, 2.45) is 5.73 Å².